The van der Waals surface area contributed by atoms with E-state index in [0.717, 1.165) is 12.2 Å². The van der Waals surface area contributed by atoms with Crippen molar-refractivity contribution in [2.24, 2.45) is 0 Å². The maximum absolute atomic E-state index is 4.82. The van der Waals surface area contributed by atoms with E-state index in [1.807, 2.05) is 11.8 Å². The molecule has 96 valence electrons. The van der Waals surface area contributed by atoms with Crippen molar-refractivity contribution in [3.05, 3.63) is 23.4 Å². The van der Waals surface area contributed by atoms with Crippen molar-refractivity contribution in [3.63, 3.8) is 0 Å². The average Bonchev–Trinajstić information content (AvgIpc) is 2.35. The Hall–Kier alpha value is -0.500. The van der Waals surface area contributed by atoms with Crippen LogP contribution in [-0.2, 0) is 12.8 Å². The quantitative estimate of drug-likeness (QED) is 0.611. The Kier molecular flexibility index (Phi) is 7.34. The summed E-state index contributed by atoms with van der Waals surface area (Å²) >= 11 is 1.89. The zero-order valence-electron chi connectivity index (χ0n) is 11.5. The van der Waals surface area contributed by atoms with E-state index in [9.17, 15) is 0 Å². The number of pyridine rings is 1. The first kappa shape index (κ1) is 14.6. The van der Waals surface area contributed by atoms with E-state index in [0.29, 0.717) is 0 Å². The predicted octanol–water partition coefficient (Wildman–Crippen LogP) is 4.88. The lowest BCUT2D eigenvalue weighted by Gasteiger charge is -2.09. The van der Waals surface area contributed by atoms with E-state index in [1.54, 1.807) is 0 Å². The molecule has 0 spiro atoms. The molecule has 0 aliphatic rings. The Morgan fingerprint density at radius 2 is 1.71 bits per heavy atom. The van der Waals surface area contributed by atoms with Gasteiger partial charge in [0.05, 0.1) is 5.03 Å². The lowest BCUT2D eigenvalue weighted by atomic mass is 10.1. The number of nitrogens with zero attached hydrogens (tertiary/aromatic N) is 1. The molecule has 0 amide bonds. The number of unbranched alkanes of at least 4 members (excludes halogenated alkanes) is 2. The van der Waals surface area contributed by atoms with Crippen molar-refractivity contribution in [1.29, 1.82) is 0 Å². The van der Waals surface area contributed by atoms with Crippen LogP contribution in [0.1, 0.15) is 57.7 Å². The van der Waals surface area contributed by atoms with E-state index in [4.69, 9.17) is 4.98 Å². The largest absolute Gasteiger partial charge is 0.246 e. The van der Waals surface area contributed by atoms with Crippen LogP contribution < -0.4 is 0 Å². The van der Waals surface area contributed by atoms with E-state index >= 15 is 0 Å². The first-order valence-electron chi connectivity index (χ1n) is 6.93. The van der Waals surface area contributed by atoms with Gasteiger partial charge in [-0.2, -0.15) is 0 Å². The second kappa shape index (κ2) is 8.57. The zero-order valence-corrected chi connectivity index (χ0v) is 12.3. The van der Waals surface area contributed by atoms with Crippen molar-refractivity contribution >= 4 is 11.8 Å². The van der Waals surface area contributed by atoms with Gasteiger partial charge in [-0.3, -0.25) is 0 Å². The minimum absolute atomic E-state index is 1.11. The fourth-order valence-corrected chi connectivity index (χ4v) is 2.63. The summed E-state index contributed by atoms with van der Waals surface area (Å²) in [5.74, 6) is 1.11. The molecule has 0 atom stereocenters. The van der Waals surface area contributed by atoms with E-state index < -0.39 is 0 Å². The van der Waals surface area contributed by atoms with Gasteiger partial charge in [-0.15, -0.1) is 11.8 Å². The number of thioether (sulfide) groups is 1. The molecule has 0 saturated heterocycles. The molecule has 0 aromatic carbocycles. The predicted molar refractivity (Wildman–Crippen MR) is 77.9 cm³/mol. The molecule has 0 saturated carbocycles. The summed E-state index contributed by atoms with van der Waals surface area (Å²) in [6.45, 7) is 6.68. The topological polar surface area (TPSA) is 12.9 Å². The average molecular weight is 251 g/mol. The van der Waals surface area contributed by atoms with Crippen LogP contribution in [0.3, 0.4) is 0 Å². The van der Waals surface area contributed by atoms with Gasteiger partial charge in [0.15, 0.2) is 0 Å². The van der Waals surface area contributed by atoms with Crippen LogP contribution >= 0.6 is 11.8 Å². The third-order valence-electron chi connectivity index (χ3n) is 2.86. The van der Waals surface area contributed by atoms with Gasteiger partial charge in [-0.25, -0.2) is 4.98 Å². The summed E-state index contributed by atoms with van der Waals surface area (Å²) in [5.41, 5.74) is 2.71. The molecule has 0 radical (unpaired) electrons. The first-order chi connectivity index (χ1) is 8.31. The van der Waals surface area contributed by atoms with Gasteiger partial charge in [0.1, 0.15) is 0 Å². The van der Waals surface area contributed by atoms with E-state index in [-0.39, 0.29) is 0 Å². The van der Waals surface area contributed by atoms with Gasteiger partial charge in [0.25, 0.3) is 0 Å². The molecule has 0 aliphatic heterocycles. The molecular formula is C15H25NS. The van der Waals surface area contributed by atoms with Gasteiger partial charge < -0.3 is 0 Å². The number of hydrogen-bond donors (Lipinski definition) is 0. The fourth-order valence-electron chi connectivity index (χ4n) is 1.82. The Bertz CT molecular complexity index is 323. The summed E-state index contributed by atoms with van der Waals surface area (Å²) in [7, 11) is 0. The molecule has 1 aromatic heterocycles. The number of aryl methyl sites for hydroxylation is 2. The third kappa shape index (κ3) is 5.12. The first-order valence-corrected chi connectivity index (χ1v) is 7.91. The van der Waals surface area contributed by atoms with Crippen molar-refractivity contribution < 1.29 is 0 Å². The van der Waals surface area contributed by atoms with Gasteiger partial charge in [-0.1, -0.05) is 39.7 Å². The highest BCUT2D eigenvalue weighted by molar-refractivity contribution is 7.99. The van der Waals surface area contributed by atoms with Gasteiger partial charge in [0.2, 0.25) is 0 Å². The standard InChI is InChI=1S/C15H25NS/c1-4-7-9-13-11-12-14(10-8-5-2)16-15(13)17-6-3/h11-12H,4-10H2,1-3H3. The highest BCUT2D eigenvalue weighted by Crippen LogP contribution is 2.23. The molecule has 0 bridgehead atoms. The van der Waals surface area contributed by atoms with Gasteiger partial charge in [-0.05, 0) is 43.1 Å². The SMILES string of the molecule is CCCCc1ccc(CCCC)c(SCC)n1. The highest BCUT2D eigenvalue weighted by Gasteiger charge is 2.05. The molecule has 0 fully saturated rings. The van der Waals surface area contributed by atoms with Crippen LogP contribution in [0, 0.1) is 0 Å². The van der Waals surface area contributed by atoms with Crippen LogP contribution in [0.15, 0.2) is 17.2 Å². The Morgan fingerprint density at radius 1 is 1.00 bits per heavy atom. The molecule has 1 aromatic rings. The van der Waals surface area contributed by atoms with Crippen LogP contribution in [0.2, 0.25) is 0 Å². The summed E-state index contributed by atoms with van der Waals surface area (Å²) in [6.07, 6.45) is 7.33. The Balaban J connectivity index is 2.75. The van der Waals surface area contributed by atoms with Crippen LogP contribution in [0.5, 0.6) is 0 Å². The van der Waals surface area contributed by atoms with Gasteiger partial charge >= 0.3 is 0 Å². The van der Waals surface area contributed by atoms with E-state index in [1.165, 1.54) is 48.4 Å². The Labute approximate surface area is 110 Å². The molecule has 0 N–H and O–H groups in total. The van der Waals surface area contributed by atoms with Crippen LogP contribution in [0.25, 0.3) is 0 Å². The normalized spacial score (nSPS) is 10.8. The van der Waals surface area contributed by atoms with Crippen molar-refractivity contribution in [2.45, 2.75) is 64.3 Å². The second-order valence-corrected chi connectivity index (χ2v) is 5.66. The fraction of sp³-hybridized carbons (Fsp3) is 0.667. The van der Waals surface area contributed by atoms with Gasteiger partial charge in [0, 0.05) is 5.69 Å². The minimum atomic E-state index is 1.11. The summed E-state index contributed by atoms with van der Waals surface area (Å²) in [6, 6.07) is 4.52. The van der Waals surface area contributed by atoms with Crippen LogP contribution in [0.4, 0.5) is 0 Å². The molecule has 1 rings (SSSR count). The molecule has 0 aliphatic carbocycles. The van der Waals surface area contributed by atoms with Crippen molar-refractivity contribution in [1.82, 2.24) is 4.98 Å². The zero-order chi connectivity index (χ0) is 12.5. The highest BCUT2D eigenvalue weighted by atomic mass is 32.2. The number of rotatable bonds is 8. The number of hydrogen-bond acceptors (Lipinski definition) is 2. The van der Waals surface area contributed by atoms with Crippen LogP contribution in [-0.4, -0.2) is 10.7 Å². The molecule has 2 heteroatoms. The smallest absolute Gasteiger partial charge is 0.0995 e. The molecule has 17 heavy (non-hydrogen) atoms. The molecule has 1 heterocycles. The minimum Gasteiger partial charge on any atom is -0.246 e. The summed E-state index contributed by atoms with van der Waals surface area (Å²) < 4.78 is 0. The lowest BCUT2D eigenvalue weighted by molar-refractivity contribution is 0.747. The molecular weight excluding hydrogens is 226 g/mol. The summed E-state index contributed by atoms with van der Waals surface area (Å²) in [4.78, 5) is 4.82. The third-order valence-corrected chi connectivity index (χ3v) is 3.78. The number of aromatic nitrogens is 1. The second-order valence-electron chi connectivity index (χ2n) is 4.41. The monoisotopic (exact) mass is 251 g/mol. The lowest BCUT2D eigenvalue weighted by Crippen LogP contribution is -1.97. The maximum Gasteiger partial charge on any atom is 0.0995 e. The molecule has 1 nitrogen and oxygen atoms in total. The van der Waals surface area contributed by atoms with Crippen molar-refractivity contribution in [3.8, 4) is 0 Å². The molecule has 0 unspecified atom stereocenters. The summed E-state index contributed by atoms with van der Waals surface area (Å²) in [5, 5.41) is 1.27. The van der Waals surface area contributed by atoms with Crippen molar-refractivity contribution in [2.75, 3.05) is 5.75 Å². The maximum atomic E-state index is 4.82. The van der Waals surface area contributed by atoms with E-state index in [2.05, 4.69) is 32.9 Å². The Morgan fingerprint density at radius 3 is 2.35 bits per heavy atom.